The van der Waals surface area contributed by atoms with Crippen LogP contribution in [0.25, 0.3) is 0 Å². The maximum Gasteiger partial charge on any atom is 0.256 e. The smallest absolute Gasteiger partial charge is 0.256 e. The molecule has 7 nitrogen and oxygen atoms in total. The van der Waals surface area contributed by atoms with Crippen LogP contribution in [0.3, 0.4) is 0 Å². The number of benzene rings is 2. The summed E-state index contributed by atoms with van der Waals surface area (Å²) in [7, 11) is 1.60. The number of hydrogen-bond donors (Lipinski definition) is 2. The Morgan fingerprint density at radius 1 is 1.15 bits per heavy atom. The first-order chi connectivity index (χ1) is 16.1. The molecule has 0 aromatic heterocycles. The molecule has 1 fully saturated rings. The van der Waals surface area contributed by atoms with Crippen molar-refractivity contribution in [2.45, 2.75) is 56.4 Å². The first kappa shape index (κ1) is 24.1. The van der Waals surface area contributed by atoms with Crippen LogP contribution in [0, 0.1) is 5.92 Å². The number of carbonyl (C=O) groups is 3. The van der Waals surface area contributed by atoms with Gasteiger partial charge in [-0.15, -0.1) is 11.8 Å². The highest BCUT2D eigenvalue weighted by molar-refractivity contribution is 8.01. The second-order valence-electron chi connectivity index (χ2n) is 9.58. The van der Waals surface area contributed by atoms with Gasteiger partial charge in [-0.3, -0.25) is 14.4 Å². The molecule has 3 unspecified atom stereocenters. The van der Waals surface area contributed by atoms with Crippen LogP contribution < -0.4 is 15.4 Å². The number of ether oxygens (including phenoxy) is 1. The van der Waals surface area contributed by atoms with Gasteiger partial charge in [0, 0.05) is 16.9 Å². The van der Waals surface area contributed by atoms with Gasteiger partial charge >= 0.3 is 0 Å². The Balaban J connectivity index is 1.49. The molecule has 8 heteroatoms. The van der Waals surface area contributed by atoms with Crippen molar-refractivity contribution < 1.29 is 19.1 Å². The molecule has 0 radical (unpaired) electrons. The SMILES string of the molecule is COc1cccc(CNC(=O)C(NC(=O)C2N3C(=O)c4ccccc4C3SC2(C)C)C(C)C)c1. The van der Waals surface area contributed by atoms with Crippen molar-refractivity contribution in [3.05, 3.63) is 65.2 Å². The zero-order valence-corrected chi connectivity index (χ0v) is 20.9. The summed E-state index contributed by atoms with van der Waals surface area (Å²) < 4.78 is 4.74. The highest BCUT2D eigenvalue weighted by atomic mass is 32.2. The first-order valence-electron chi connectivity index (χ1n) is 11.4. The Morgan fingerprint density at radius 3 is 2.59 bits per heavy atom. The summed E-state index contributed by atoms with van der Waals surface area (Å²) in [5.41, 5.74) is 2.49. The molecule has 3 atom stereocenters. The third-order valence-electron chi connectivity index (χ3n) is 6.39. The Morgan fingerprint density at radius 2 is 1.88 bits per heavy atom. The van der Waals surface area contributed by atoms with E-state index in [0.29, 0.717) is 17.9 Å². The second-order valence-corrected chi connectivity index (χ2v) is 11.3. The average Bonchev–Trinajstić information content (AvgIpc) is 3.24. The van der Waals surface area contributed by atoms with E-state index in [1.54, 1.807) is 29.8 Å². The molecule has 2 aromatic carbocycles. The quantitative estimate of drug-likeness (QED) is 0.632. The standard InChI is InChI=1S/C26H31N3O4S/c1-15(2)20(22(30)27-14-16-9-8-10-17(13-16)33-5)28-23(31)21-26(3,4)34-25-19-12-7-6-11-18(19)24(32)29(21)25/h6-13,15,20-21,25H,14H2,1-5H3,(H,27,30)(H,28,31). The fourth-order valence-corrected chi connectivity index (χ4v) is 6.24. The largest absolute Gasteiger partial charge is 0.497 e. The van der Waals surface area contributed by atoms with Gasteiger partial charge in [0.25, 0.3) is 5.91 Å². The van der Waals surface area contributed by atoms with Crippen molar-refractivity contribution in [2.75, 3.05) is 7.11 Å². The summed E-state index contributed by atoms with van der Waals surface area (Å²) in [6.45, 7) is 8.06. The number of nitrogens with one attached hydrogen (secondary N) is 2. The van der Waals surface area contributed by atoms with Crippen molar-refractivity contribution in [1.82, 2.24) is 15.5 Å². The fourth-order valence-electron chi connectivity index (χ4n) is 4.65. The maximum atomic E-state index is 13.6. The van der Waals surface area contributed by atoms with Gasteiger partial charge in [0.1, 0.15) is 23.2 Å². The number of nitrogens with zero attached hydrogens (tertiary/aromatic N) is 1. The van der Waals surface area contributed by atoms with E-state index in [4.69, 9.17) is 4.74 Å². The minimum Gasteiger partial charge on any atom is -0.497 e. The molecule has 0 spiro atoms. The molecule has 180 valence electrons. The summed E-state index contributed by atoms with van der Waals surface area (Å²) in [6, 6.07) is 13.6. The van der Waals surface area contributed by atoms with E-state index in [1.165, 1.54) is 0 Å². The van der Waals surface area contributed by atoms with E-state index in [-0.39, 0.29) is 29.0 Å². The van der Waals surface area contributed by atoms with Gasteiger partial charge in [0.05, 0.1) is 7.11 Å². The number of methoxy groups -OCH3 is 1. The van der Waals surface area contributed by atoms with Crippen LogP contribution in [-0.4, -0.2) is 46.6 Å². The third-order valence-corrected chi connectivity index (χ3v) is 7.93. The summed E-state index contributed by atoms with van der Waals surface area (Å²) in [4.78, 5) is 41.5. The van der Waals surface area contributed by atoms with Crippen LogP contribution in [0.4, 0.5) is 0 Å². The predicted molar refractivity (Wildman–Crippen MR) is 132 cm³/mol. The molecule has 1 saturated heterocycles. The molecule has 34 heavy (non-hydrogen) atoms. The van der Waals surface area contributed by atoms with Crippen LogP contribution in [0.5, 0.6) is 5.75 Å². The van der Waals surface area contributed by atoms with E-state index in [9.17, 15) is 14.4 Å². The molecule has 3 amide bonds. The highest BCUT2D eigenvalue weighted by Gasteiger charge is 2.57. The lowest BCUT2D eigenvalue weighted by atomic mass is 9.98. The second kappa shape index (κ2) is 9.33. The molecule has 0 bridgehead atoms. The molecule has 2 aromatic rings. The predicted octanol–water partition coefficient (Wildman–Crippen LogP) is 3.50. The van der Waals surface area contributed by atoms with Crippen molar-refractivity contribution in [1.29, 1.82) is 0 Å². The highest BCUT2D eigenvalue weighted by Crippen LogP contribution is 2.56. The molecule has 2 aliphatic rings. The van der Waals surface area contributed by atoms with Gasteiger partial charge in [-0.05, 0) is 49.1 Å². The summed E-state index contributed by atoms with van der Waals surface area (Å²) in [5, 5.41) is 5.67. The molecule has 0 saturated carbocycles. The average molecular weight is 482 g/mol. The van der Waals surface area contributed by atoms with Crippen molar-refractivity contribution in [3.63, 3.8) is 0 Å². The Bertz CT molecular complexity index is 1120. The minimum atomic E-state index is -0.724. The number of fused-ring (bicyclic) bond motifs is 3. The fraction of sp³-hybridized carbons (Fsp3) is 0.423. The van der Waals surface area contributed by atoms with Gasteiger partial charge in [0.2, 0.25) is 11.8 Å². The van der Waals surface area contributed by atoms with Crippen LogP contribution >= 0.6 is 11.8 Å². The number of hydrogen-bond acceptors (Lipinski definition) is 5. The third kappa shape index (κ3) is 4.39. The summed E-state index contributed by atoms with van der Waals surface area (Å²) in [6.07, 6.45) is 0. The summed E-state index contributed by atoms with van der Waals surface area (Å²) >= 11 is 1.61. The van der Waals surface area contributed by atoms with Crippen LogP contribution in [-0.2, 0) is 16.1 Å². The Hall–Kier alpha value is -3.00. The Kier molecular flexibility index (Phi) is 6.62. The lowest BCUT2D eigenvalue weighted by Gasteiger charge is -2.32. The molecule has 2 aliphatic heterocycles. The minimum absolute atomic E-state index is 0.131. The molecule has 2 N–H and O–H groups in total. The van der Waals surface area contributed by atoms with Gasteiger partial charge in [-0.1, -0.05) is 44.2 Å². The van der Waals surface area contributed by atoms with Gasteiger partial charge in [-0.2, -0.15) is 0 Å². The monoisotopic (exact) mass is 481 g/mol. The topological polar surface area (TPSA) is 87.7 Å². The number of carbonyl (C=O) groups excluding carboxylic acids is 3. The van der Waals surface area contributed by atoms with E-state index >= 15 is 0 Å². The van der Waals surface area contributed by atoms with Gasteiger partial charge < -0.3 is 20.3 Å². The summed E-state index contributed by atoms with van der Waals surface area (Å²) in [5.74, 6) is -0.123. The van der Waals surface area contributed by atoms with E-state index in [1.807, 2.05) is 70.2 Å². The number of rotatable bonds is 7. The molecule has 4 rings (SSSR count). The zero-order chi connectivity index (χ0) is 24.6. The lowest BCUT2D eigenvalue weighted by molar-refractivity contribution is -0.132. The van der Waals surface area contributed by atoms with E-state index in [2.05, 4.69) is 10.6 Å². The number of thioether (sulfide) groups is 1. The normalized spacial score (nSPS) is 21.1. The van der Waals surface area contributed by atoms with Gasteiger partial charge in [-0.25, -0.2) is 0 Å². The first-order valence-corrected chi connectivity index (χ1v) is 12.3. The zero-order valence-electron chi connectivity index (χ0n) is 20.1. The maximum absolute atomic E-state index is 13.6. The van der Waals surface area contributed by atoms with Crippen LogP contribution in [0.15, 0.2) is 48.5 Å². The van der Waals surface area contributed by atoms with Crippen LogP contribution in [0.2, 0.25) is 0 Å². The molecular formula is C26H31N3O4S. The molecular weight excluding hydrogens is 450 g/mol. The van der Waals surface area contributed by atoms with Gasteiger partial charge in [0.15, 0.2) is 0 Å². The van der Waals surface area contributed by atoms with Crippen molar-refractivity contribution in [2.24, 2.45) is 5.92 Å². The van der Waals surface area contributed by atoms with Crippen molar-refractivity contribution >= 4 is 29.5 Å². The van der Waals surface area contributed by atoms with E-state index in [0.717, 1.165) is 11.1 Å². The Labute approximate surface area is 204 Å². The van der Waals surface area contributed by atoms with Crippen LogP contribution in [0.1, 0.15) is 54.6 Å². The van der Waals surface area contributed by atoms with Crippen molar-refractivity contribution in [3.8, 4) is 5.75 Å². The molecule has 2 heterocycles. The number of amides is 3. The molecule has 0 aliphatic carbocycles. The van der Waals surface area contributed by atoms with E-state index < -0.39 is 16.8 Å². The lowest BCUT2D eigenvalue weighted by Crippen LogP contribution is -2.58.